The van der Waals surface area contributed by atoms with Crippen LogP contribution in [0.3, 0.4) is 0 Å². The van der Waals surface area contributed by atoms with Gasteiger partial charge in [-0.05, 0) is 50.6 Å². The molecular formula is C16H19Cl3N4O. The van der Waals surface area contributed by atoms with E-state index in [1.165, 1.54) is 0 Å². The number of halogens is 3. The van der Waals surface area contributed by atoms with Gasteiger partial charge >= 0.3 is 0 Å². The molecule has 1 saturated heterocycles. The maximum absolute atomic E-state index is 12.3. The summed E-state index contributed by atoms with van der Waals surface area (Å²) in [6, 6.07) is 7.53. The third kappa shape index (κ3) is 4.42. The Balaban J connectivity index is 0.00000208. The van der Waals surface area contributed by atoms with E-state index in [4.69, 9.17) is 23.2 Å². The molecule has 130 valence electrons. The molecule has 1 fully saturated rings. The summed E-state index contributed by atoms with van der Waals surface area (Å²) in [6.07, 6.45) is 3.60. The second kappa shape index (κ2) is 8.21. The largest absolute Gasteiger partial charge is 0.348 e. The predicted molar refractivity (Wildman–Crippen MR) is 98.8 cm³/mol. The number of nitrogens with one attached hydrogen (secondary N) is 2. The van der Waals surface area contributed by atoms with Crippen LogP contribution in [0.4, 0.5) is 0 Å². The van der Waals surface area contributed by atoms with Crippen molar-refractivity contribution in [1.82, 2.24) is 20.4 Å². The molecule has 2 heterocycles. The molecule has 0 saturated carbocycles. The minimum Gasteiger partial charge on any atom is -0.348 e. The van der Waals surface area contributed by atoms with Gasteiger partial charge in [0, 0.05) is 18.3 Å². The molecule has 2 aromatic rings. The van der Waals surface area contributed by atoms with Crippen molar-refractivity contribution in [3.05, 3.63) is 46.2 Å². The molecule has 0 bridgehead atoms. The van der Waals surface area contributed by atoms with Crippen LogP contribution < -0.4 is 10.6 Å². The molecule has 2 atom stereocenters. The zero-order valence-corrected chi connectivity index (χ0v) is 15.5. The first-order chi connectivity index (χ1) is 11.0. The van der Waals surface area contributed by atoms with Gasteiger partial charge in [-0.25, -0.2) is 4.68 Å². The minimum absolute atomic E-state index is 0. The lowest BCUT2D eigenvalue weighted by Gasteiger charge is -2.28. The van der Waals surface area contributed by atoms with Crippen LogP contribution in [-0.2, 0) is 0 Å². The molecule has 8 heteroatoms. The highest BCUT2D eigenvalue weighted by atomic mass is 35.5. The molecule has 3 rings (SSSR count). The zero-order chi connectivity index (χ0) is 16.4. The highest BCUT2D eigenvalue weighted by Gasteiger charge is 2.21. The number of carbonyl (C=O) groups is 1. The Bertz CT molecular complexity index is 719. The monoisotopic (exact) mass is 388 g/mol. The van der Waals surface area contributed by atoms with Crippen molar-refractivity contribution in [2.45, 2.75) is 31.8 Å². The molecule has 2 unspecified atom stereocenters. The Hall–Kier alpha value is -1.27. The molecule has 1 aliphatic heterocycles. The van der Waals surface area contributed by atoms with Crippen LogP contribution in [0.15, 0.2) is 30.5 Å². The maximum atomic E-state index is 12.3. The summed E-state index contributed by atoms with van der Waals surface area (Å²) >= 11 is 11.9. The van der Waals surface area contributed by atoms with Gasteiger partial charge in [-0.3, -0.25) is 4.79 Å². The van der Waals surface area contributed by atoms with Gasteiger partial charge in [0.1, 0.15) is 0 Å². The third-order valence-electron chi connectivity index (χ3n) is 3.95. The van der Waals surface area contributed by atoms with Crippen LogP contribution in [0.2, 0.25) is 10.0 Å². The topological polar surface area (TPSA) is 59.0 Å². The van der Waals surface area contributed by atoms with Crippen LogP contribution in [0.1, 0.15) is 30.3 Å². The predicted octanol–water partition coefficient (Wildman–Crippen LogP) is 3.47. The number of amides is 1. The molecule has 1 amide bonds. The standard InChI is InChI=1S/C16H18Cl2N4O.ClH/c1-10-8-11(4-6-19-10)20-16(23)15-5-7-22(21-15)12-2-3-13(17)14(18)9-12;/h2-3,5,7,9-11,19H,4,6,8H2,1H3,(H,20,23);1H. The van der Waals surface area contributed by atoms with Crippen LogP contribution in [0, 0.1) is 0 Å². The molecule has 0 spiro atoms. The Morgan fingerprint density at radius 3 is 2.83 bits per heavy atom. The van der Waals surface area contributed by atoms with Gasteiger partial charge in [0.25, 0.3) is 5.91 Å². The molecule has 24 heavy (non-hydrogen) atoms. The number of nitrogens with zero attached hydrogens (tertiary/aromatic N) is 2. The number of aromatic nitrogens is 2. The van der Waals surface area contributed by atoms with Gasteiger partial charge in [0.05, 0.1) is 15.7 Å². The summed E-state index contributed by atoms with van der Waals surface area (Å²) < 4.78 is 1.61. The lowest BCUT2D eigenvalue weighted by molar-refractivity contribution is 0.0920. The highest BCUT2D eigenvalue weighted by Crippen LogP contribution is 2.24. The molecule has 1 aromatic heterocycles. The zero-order valence-electron chi connectivity index (χ0n) is 13.1. The first-order valence-corrected chi connectivity index (χ1v) is 8.34. The average molecular weight is 390 g/mol. The molecule has 2 N–H and O–H groups in total. The van der Waals surface area contributed by atoms with Gasteiger partial charge in [-0.2, -0.15) is 5.10 Å². The smallest absolute Gasteiger partial charge is 0.272 e. The summed E-state index contributed by atoms with van der Waals surface area (Å²) in [5, 5.41) is 11.7. The first kappa shape index (κ1) is 19.1. The number of benzene rings is 1. The fourth-order valence-electron chi connectivity index (χ4n) is 2.74. The molecule has 0 radical (unpaired) electrons. The van der Waals surface area contributed by atoms with Crippen LogP contribution in [-0.4, -0.2) is 34.3 Å². The summed E-state index contributed by atoms with van der Waals surface area (Å²) in [4.78, 5) is 12.3. The minimum atomic E-state index is -0.150. The van der Waals surface area contributed by atoms with Gasteiger partial charge in [-0.1, -0.05) is 23.2 Å². The first-order valence-electron chi connectivity index (χ1n) is 7.58. The van der Waals surface area contributed by atoms with E-state index in [1.54, 1.807) is 35.1 Å². The van der Waals surface area contributed by atoms with Crippen molar-refractivity contribution in [1.29, 1.82) is 0 Å². The van der Waals surface area contributed by atoms with Crippen LogP contribution in [0.25, 0.3) is 5.69 Å². The van der Waals surface area contributed by atoms with E-state index in [9.17, 15) is 4.79 Å². The second-order valence-electron chi connectivity index (χ2n) is 5.79. The van der Waals surface area contributed by atoms with E-state index >= 15 is 0 Å². The van der Waals surface area contributed by atoms with Gasteiger partial charge in [-0.15, -0.1) is 12.4 Å². The van der Waals surface area contributed by atoms with Crippen molar-refractivity contribution < 1.29 is 4.79 Å². The van der Waals surface area contributed by atoms with Gasteiger partial charge in [0.2, 0.25) is 0 Å². The molecule has 1 aromatic carbocycles. The molecule has 5 nitrogen and oxygen atoms in total. The molecular weight excluding hydrogens is 371 g/mol. The van der Waals surface area contributed by atoms with E-state index in [1.807, 2.05) is 0 Å². The Morgan fingerprint density at radius 1 is 1.33 bits per heavy atom. The van der Waals surface area contributed by atoms with Crippen LogP contribution >= 0.6 is 35.6 Å². The van der Waals surface area contributed by atoms with Gasteiger partial charge < -0.3 is 10.6 Å². The van der Waals surface area contributed by atoms with Crippen LogP contribution in [0.5, 0.6) is 0 Å². The van der Waals surface area contributed by atoms with E-state index in [2.05, 4.69) is 22.7 Å². The lowest BCUT2D eigenvalue weighted by atomic mass is 10.0. The van der Waals surface area contributed by atoms with E-state index in [0.29, 0.717) is 21.8 Å². The van der Waals surface area contributed by atoms with Crippen molar-refractivity contribution in [2.24, 2.45) is 0 Å². The third-order valence-corrected chi connectivity index (χ3v) is 4.69. The van der Waals surface area contributed by atoms with Crippen molar-refractivity contribution in [2.75, 3.05) is 6.54 Å². The normalized spacial score (nSPS) is 20.3. The van der Waals surface area contributed by atoms with Crippen molar-refractivity contribution in [3.8, 4) is 5.69 Å². The summed E-state index contributed by atoms with van der Waals surface area (Å²) in [7, 11) is 0. The maximum Gasteiger partial charge on any atom is 0.272 e. The Labute approximate surface area is 157 Å². The molecule has 1 aliphatic rings. The van der Waals surface area contributed by atoms with Crippen molar-refractivity contribution in [3.63, 3.8) is 0 Å². The summed E-state index contributed by atoms with van der Waals surface area (Å²) in [5.74, 6) is -0.150. The summed E-state index contributed by atoms with van der Waals surface area (Å²) in [6.45, 7) is 3.04. The summed E-state index contributed by atoms with van der Waals surface area (Å²) in [5.41, 5.74) is 1.15. The quantitative estimate of drug-likeness (QED) is 0.845. The number of hydrogen-bond acceptors (Lipinski definition) is 3. The SMILES string of the molecule is CC1CC(NC(=O)c2ccn(-c3ccc(Cl)c(Cl)c3)n2)CCN1.Cl. The number of carbonyl (C=O) groups excluding carboxylic acids is 1. The number of piperidine rings is 1. The average Bonchev–Trinajstić information content (AvgIpc) is 3.00. The number of rotatable bonds is 3. The lowest BCUT2D eigenvalue weighted by Crippen LogP contribution is -2.46. The Kier molecular flexibility index (Phi) is 6.52. The number of hydrogen-bond donors (Lipinski definition) is 2. The Morgan fingerprint density at radius 2 is 2.12 bits per heavy atom. The highest BCUT2D eigenvalue weighted by molar-refractivity contribution is 6.42. The fourth-order valence-corrected chi connectivity index (χ4v) is 3.03. The van der Waals surface area contributed by atoms with E-state index in [-0.39, 0.29) is 24.4 Å². The fraction of sp³-hybridized carbons (Fsp3) is 0.375. The van der Waals surface area contributed by atoms with E-state index < -0.39 is 0 Å². The molecule has 0 aliphatic carbocycles. The van der Waals surface area contributed by atoms with Gasteiger partial charge in [0.15, 0.2) is 5.69 Å². The van der Waals surface area contributed by atoms with Crippen molar-refractivity contribution >= 4 is 41.5 Å². The van der Waals surface area contributed by atoms with E-state index in [0.717, 1.165) is 25.1 Å². The second-order valence-corrected chi connectivity index (χ2v) is 6.61.